The Balaban J connectivity index is 2.64. The molecule has 2 heteroatoms. The summed E-state index contributed by atoms with van der Waals surface area (Å²) in [4.78, 5) is 0. The second kappa shape index (κ2) is 5.66. The largest absolute Gasteiger partial charge is 0.493 e. The van der Waals surface area contributed by atoms with Crippen LogP contribution in [0.2, 0.25) is 0 Å². The van der Waals surface area contributed by atoms with Gasteiger partial charge in [0.2, 0.25) is 0 Å². The minimum atomic E-state index is 0.0350. The third-order valence-corrected chi connectivity index (χ3v) is 2.17. The van der Waals surface area contributed by atoms with E-state index in [4.69, 9.17) is 10.5 Å². The van der Waals surface area contributed by atoms with Gasteiger partial charge in [-0.3, -0.25) is 0 Å². The van der Waals surface area contributed by atoms with Gasteiger partial charge in [0.05, 0.1) is 6.61 Å². The molecule has 0 fully saturated rings. The second-order valence-corrected chi connectivity index (χ2v) is 3.53. The van der Waals surface area contributed by atoms with Gasteiger partial charge in [0, 0.05) is 11.6 Å². The van der Waals surface area contributed by atoms with E-state index in [0.717, 1.165) is 30.8 Å². The molecule has 2 nitrogen and oxygen atoms in total. The number of para-hydroxylation sites is 1. The van der Waals surface area contributed by atoms with Gasteiger partial charge in [-0.15, -0.1) is 0 Å². The maximum Gasteiger partial charge on any atom is 0.124 e. The predicted molar refractivity (Wildman–Crippen MR) is 59.4 cm³/mol. The monoisotopic (exact) mass is 193 g/mol. The lowest BCUT2D eigenvalue weighted by Crippen LogP contribution is -2.08. The Morgan fingerprint density at radius 1 is 1.36 bits per heavy atom. The van der Waals surface area contributed by atoms with E-state index in [9.17, 15) is 0 Å². The van der Waals surface area contributed by atoms with E-state index in [0.29, 0.717) is 0 Å². The van der Waals surface area contributed by atoms with Gasteiger partial charge in [-0.25, -0.2) is 0 Å². The number of benzene rings is 1. The van der Waals surface area contributed by atoms with Crippen LogP contribution in [0, 0.1) is 0 Å². The van der Waals surface area contributed by atoms with Crippen LogP contribution in [0.5, 0.6) is 5.75 Å². The number of nitrogens with two attached hydrogens (primary N) is 1. The van der Waals surface area contributed by atoms with Gasteiger partial charge < -0.3 is 10.5 Å². The Bertz CT molecular complexity index is 271. The van der Waals surface area contributed by atoms with E-state index in [1.165, 1.54) is 0 Å². The number of hydrogen-bond acceptors (Lipinski definition) is 2. The standard InChI is InChI=1S/C12H19NO/c1-3-4-9-14-12-8-6-5-7-11(12)10(2)13/h5-8,10H,3-4,9,13H2,1-2H3/t10-/m0/s1. The summed E-state index contributed by atoms with van der Waals surface area (Å²) in [5.41, 5.74) is 6.93. The third kappa shape index (κ3) is 3.04. The summed E-state index contributed by atoms with van der Waals surface area (Å²) in [6, 6.07) is 8.01. The molecule has 0 aromatic heterocycles. The molecule has 2 N–H and O–H groups in total. The highest BCUT2D eigenvalue weighted by atomic mass is 16.5. The van der Waals surface area contributed by atoms with Crippen LogP contribution in [0.1, 0.15) is 38.3 Å². The Hall–Kier alpha value is -1.02. The summed E-state index contributed by atoms with van der Waals surface area (Å²) in [6.07, 6.45) is 2.24. The first-order valence-electron chi connectivity index (χ1n) is 5.23. The zero-order valence-electron chi connectivity index (χ0n) is 8.99. The second-order valence-electron chi connectivity index (χ2n) is 3.53. The molecule has 1 rings (SSSR count). The lowest BCUT2D eigenvalue weighted by Gasteiger charge is -2.13. The first-order chi connectivity index (χ1) is 6.75. The van der Waals surface area contributed by atoms with Crippen molar-refractivity contribution >= 4 is 0 Å². The molecule has 0 saturated heterocycles. The van der Waals surface area contributed by atoms with Gasteiger partial charge in [-0.05, 0) is 19.4 Å². The van der Waals surface area contributed by atoms with E-state index in [1.54, 1.807) is 0 Å². The van der Waals surface area contributed by atoms with Gasteiger partial charge in [-0.2, -0.15) is 0 Å². The molecule has 0 saturated carbocycles. The van der Waals surface area contributed by atoms with Crippen LogP contribution in [-0.4, -0.2) is 6.61 Å². The van der Waals surface area contributed by atoms with Crippen LogP contribution in [0.4, 0.5) is 0 Å². The number of rotatable bonds is 5. The highest BCUT2D eigenvalue weighted by molar-refractivity contribution is 5.35. The van der Waals surface area contributed by atoms with Crippen molar-refractivity contribution in [1.29, 1.82) is 0 Å². The summed E-state index contributed by atoms with van der Waals surface area (Å²) in [5, 5.41) is 0. The first-order valence-corrected chi connectivity index (χ1v) is 5.23. The van der Waals surface area contributed by atoms with Crippen molar-refractivity contribution in [3.63, 3.8) is 0 Å². The SMILES string of the molecule is CCCCOc1ccccc1[C@H](C)N. The molecule has 14 heavy (non-hydrogen) atoms. The van der Waals surface area contributed by atoms with Crippen molar-refractivity contribution in [2.75, 3.05) is 6.61 Å². The molecule has 78 valence electrons. The molecule has 1 atom stereocenters. The van der Waals surface area contributed by atoms with Crippen molar-refractivity contribution < 1.29 is 4.74 Å². The van der Waals surface area contributed by atoms with E-state index in [-0.39, 0.29) is 6.04 Å². The van der Waals surface area contributed by atoms with E-state index in [1.807, 2.05) is 31.2 Å². The summed E-state index contributed by atoms with van der Waals surface area (Å²) < 4.78 is 5.66. The lowest BCUT2D eigenvalue weighted by atomic mass is 10.1. The zero-order valence-corrected chi connectivity index (χ0v) is 8.99. The molecule has 0 aliphatic rings. The fourth-order valence-corrected chi connectivity index (χ4v) is 1.31. The molecule has 0 spiro atoms. The van der Waals surface area contributed by atoms with Crippen LogP contribution in [-0.2, 0) is 0 Å². The van der Waals surface area contributed by atoms with Crippen LogP contribution < -0.4 is 10.5 Å². The molecule has 0 radical (unpaired) electrons. The maximum absolute atomic E-state index is 5.84. The average Bonchev–Trinajstić information content (AvgIpc) is 2.19. The molecule has 0 heterocycles. The van der Waals surface area contributed by atoms with Crippen LogP contribution in [0.3, 0.4) is 0 Å². The lowest BCUT2D eigenvalue weighted by molar-refractivity contribution is 0.305. The number of hydrogen-bond donors (Lipinski definition) is 1. The molecule has 0 aliphatic carbocycles. The van der Waals surface area contributed by atoms with Crippen molar-refractivity contribution in [3.8, 4) is 5.75 Å². The topological polar surface area (TPSA) is 35.2 Å². The molecule has 0 aliphatic heterocycles. The Kier molecular flexibility index (Phi) is 4.47. The Labute approximate surface area is 86.1 Å². The molecular formula is C12H19NO. The Morgan fingerprint density at radius 2 is 2.07 bits per heavy atom. The molecule has 0 amide bonds. The normalized spacial score (nSPS) is 12.5. The molecule has 0 unspecified atom stereocenters. The van der Waals surface area contributed by atoms with Gasteiger partial charge in [0.1, 0.15) is 5.75 Å². The van der Waals surface area contributed by atoms with Gasteiger partial charge in [0.25, 0.3) is 0 Å². The summed E-state index contributed by atoms with van der Waals surface area (Å²) in [7, 11) is 0. The first kappa shape index (κ1) is 11.1. The summed E-state index contributed by atoms with van der Waals surface area (Å²) >= 11 is 0. The minimum Gasteiger partial charge on any atom is -0.493 e. The molecule has 1 aromatic carbocycles. The fourth-order valence-electron chi connectivity index (χ4n) is 1.31. The number of ether oxygens (including phenoxy) is 1. The van der Waals surface area contributed by atoms with Crippen molar-refractivity contribution in [1.82, 2.24) is 0 Å². The Morgan fingerprint density at radius 3 is 2.71 bits per heavy atom. The molecule has 0 bridgehead atoms. The highest BCUT2D eigenvalue weighted by Gasteiger charge is 2.05. The van der Waals surface area contributed by atoms with Gasteiger partial charge in [0.15, 0.2) is 0 Å². The van der Waals surface area contributed by atoms with E-state index in [2.05, 4.69) is 6.92 Å². The van der Waals surface area contributed by atoms with Gasteiger partial charge >= 0.3 is 0 Å². The van der Waals surface area contributed by atoms with Gasteiger partial charge in [-0.1, -0.05) is 31.5 Å². The highest BCUT2D eigenvalue weighted by Crippen LogP contribution is 2.23. The summed E-state index contributed by atoms with van der Waals surface area (Å²) in [6.45, 7) is 4.91. The predicted octanol–water partition coefficient (Wildman–Crippen LogP) is 2.89. The summed E-state index contributed by atoms with van der Waals surface area (Å²) in [5.74, 6) is 0.927. The van der Waals surface area contributed by atoms with Crippen LogP contribution in [0.25, 0.3) is 0 Å². The maximum atomic E-state index is 5.84. The quantitative estimate of drug-likeness (QED) is 0.730. The molecule has 1 aromatic rings. The van der Waals surface area contributed by atoms with Crippen molar-refractivity contribution in [3.05, 3.63) is 29.8 Å². The van der Waals surface area contributed by atoms with Crippen molar-refractivity contribution in [2.45, 2.75) is 32.7 Å². The third-order valence-electron chi connectivity index (χ3n) is 2.17. The fraction of sp³-hybridized carbons (Fsp3) is 0.500. The van der Waals surface area contributed by atoms with Crippen molar-refractivity contribution in [2.24, 2.45) is 5.73 Å². The average molecular weight is 193 g/mol. The minimum absolute atomic E-state index is 0.0350. The smallest absolute Gasteiger partial charge is 0.124 e. The molecular weight excluding hydrogens is 174 g/mol. The van der Waals surface area contributed by atoms with E-state index < -0.39 is 0 Å². The zero-order chi connectivity index (χ0) is 10.4. The van der Waals surface area contributed by atoms with Crippen LogP contribution in [0.15, 0.2) is 24.3 Å². The van der Waals surface area contributed by atoms with E-state index >= 15 is 0 Å². The number of unbranched alkanes of at least 4 members (excludes halogenated alkanes) is 1. The van der Waals surface area contributed by atoms with Crippen LogP contribution >= 0.6 is 0 Å².